The maximum Gasteiger partial charge on any atom is 0.111 e. The lowest BCUT2D eigenvalue weighted by Crippen LogP contribution is -2.27. The zero-order valence-corrected chi connectivity index (χ0v) is 7.91. The van der Waals surface area contributed by atoms with E-state index in [0.29, 0.717) is 6.42 Å². The van der Waals surface area contributed by atoms with Crippen LogP contribution >= 0.6 is 0 Å². The van der Waals surface area contributed by atoms with Gasteiger partial charge in [0.1, 0.15) is 5.82 Å². The highest BCUT2D eigenvalue weighted by molar-refractivity contribution is 4.96. The molecule has 0 spiro atoms. The second-order valence-corrected chi connectivity index (χ2v) is 3.48. The van der Waals surface area contributed by atoms with Gasteiger partial charge in [0.15, 0.2) is 0 Å². The van der Waals surface area contributed by atoms with Gasteiger partial charge in [-0.05, 0) is 13.3 Å². The van der Waals surface area contributed by atoms with Crippen LogP contribution in [0.3, 0.4) is 0 Å². The van der Waals surface area contributed by atoms with Crippen molar-refractivity contribution in [2.45, 2.75) is 32.3 Å². The van der Waals surface area contributed by atoms with E-state index < -0.39 is 5.60 Å². The topological polar surface area (TPSA) is 38.1 Å². The predicted octanol–water partition coefficient (Wildman–Crippen LogP) is 1.12. The van der Waals surface area contributed by atoms with Crippen LogP contribution in [0, 0.1) is 0 Å². The van der Waals surface area contributed by atoms with Gasteiger partial charge in [-0.15, -0.1) is 0 Å². The molecule has 1 rings (SSSR count). The van der Waals surface area contributed by atoms with Crippen LogP contribution in [0.25, 0.3) is 0 Å². The van der Waals surface area contributed by atoms with Crippen LogP contribution in [0.5, 0.6) is 0 Å². The normalized spacial score (nSPS) is 16.0. The first-order valence-corrected chi connectivity index (χ1v) is 4.24. The van der Waals surface area contributed by atoms with Crippen LogP contribution in [-0.2, 0) is 13.5 Å². The Kier molecular flexibility index (Phi) is 2.52. The van der Waals surface area contributed by atoms with E-state index in [9.17, 15) is 5.11 Å². The molecule has 1 atom stereocenters. The number of nitrogens with zero attached hydrogens (tertiary/aromatic N) is 2. The van der Waals surface area contributed by atoms with E-state index in [0.717, 1.165) is 12.2 Å². The fraction of sp³-hybridized carbons (Fsp3) is 0.667. The molecule has 12 heavy (non-hydrogen) atoms. The lowest BCUT2D eigenvalue weighted by atomic mass is 9.99. The van der Waals surface area contributed by atoms with Gasteiger partial charge in [0.25, 0.3) is 0 Å². The number of hydrogen-bond acceptors (Lipinski definition) is 2. The molecule has 3 heteroatoms. The first-order valence-electron chi connectivity index (χ1n) is 4.24. The minimum atomic E-state index is -0.626. The fourth-order valence-corrected chi connectivity index (χ4v) is 1.03. The molecule has 3 nitrogen and oxygen atoms in total. The van der Waals surface area contributed by atoms with E-state index in [1.54, 1.807) is 6.20 Å². The molecule has 1 N–H and O–H groups in total. The number of aliphatic hydroxyl groups is 1. The maximum atomic E-state index is 9.77. The van der Waals surface area contributed by atoms with Crippen LogP contribution < -0.4 is 0 Å². The van der Waals surface area contributed by atoms with E-state index in [2.05, 4.69) is 4.98 Å². The molecule has 0 amide bonds. The minimum absolute atomic E-state index is 0.618. The van der Waals surface area contributed by atoms with Crippen LogP contribution in [0.15, 0.2) is 12.4 Å². The maximum absolute atomic E-state index is 9.77. The molecule has 0 aliphatic carbocycles. The monoisotopic (exact) mass is 168 g/mol. The third-order valence-corrected chi connectivity index (χ3v) is 2.22. The van der Waals surface area contributed by atoms with Crippen molar-refractivity contribution >= 4 is 0 Å². The van der Waals surface area contributed by atoms with Crippen molar-refractivity contribution in [2.75, 3.05) is 0 Å². The summed E-state index contributed by atoms with van der Waals surface area (Å²) in [4.78, 5) is 4.15. The second kappa shape index (κ2) is 3.27. The lowest BCUT2D eigenvalue weighted by Gasteiger charge is -2.20. The highest BCUT2D eigenvalue weighted by Gasteiger charge is 2.19. The molecule has 0 aliphatic heterocycles. The first kappa shape index (κ1) is 9.26. The van der Waals surface area contributed by atoms with E-state index >= 15 is 0 Å². The summed E-state index contributed by atoms with van der Waals surface area (Å²) in [5.41, 5.74) is -0.626. The average Bonchev–Trinajstić information content (AvgIpc) is 2.36. The largest absolute Gasteiger partial charge is 0.390 e. The molecule has 68 valence electrons. The second-order valence-electron chi connectivity index (χ2n) is 3.48. The van der Waals surface area contributed by atoms with Gasteiger partial charge in [-0.2, -0.15) is 0 Å². The summed E-state index contributed by atoms with van der Waals surface area (Å²) in [6.45, 7) is 3.81. The summed E-state index contributed by atoms with van der Waals surface area (Å²) in [7, 11) is 1.94. The molecule has 0 aliphatic rings. The number of imidazole rings is 1. The Morgan fingerprint density at radius 1 is 1.67 bits per heavy atom. The van der Waals surface area contributed by atoms with Gasteiger partial charge >= 0.3 is 0 Å². The van der Waals surface area contributed by atoms with Crippen molar-refractivity contribution in [1.82, 2.24) is 9.55 Å². The van der Waals surface area contributed by atoms with Crippen molar-refractivity contribution in [3.8, 4) is 0 Å². The summed E-state index contributed by atoms with van der Waals surface area (Å²) >= 11 is 0. The third kappa shape index (κ3) is 2.08. The van der Waals surface area contributed by atoms with E-state index in [-0.39, 0.29) is 0 Å². The molecule has 1 aromatic rings. The average molecular weight is 168 g/mol. The van der Waals surface area contributed by atoms with Gasteiger partial charge in [0, 0.05) is 25.9 Å². The van der Waals surface area contributed by atoms with Gasteiger partial charge < -0.3 is 9.67 Å². The quantitative estimate of drug-likeness (QED) is 0.734. The summed E-state index contributed by atoms with van der Waals surface area (Å²) < 4.78 is 1.93. The number of hydrogen-bond donors (Lipinski definition) is 1. The van der Waals surface area contributed by atoms with E-state index in [4.69, 9.17) is 0 Å². The molecular formula is C9H16N2O. The zero-order valence-electron chi connectivity index (χ0n) is 7.91. The Balaban J connectivity index is 2.70. The number of aryl methyl sites for hydroxylation is 1. The minimum Gasteiger partial charge on any atom is -0.390 e. The molecule has 0 radical (unpaired) electrons. The zero-order chi connectivity index (χ0) is 9.19. The Hall–Kier alpha value is -0.830. The Bertz CT molecular complexity index is 253. The van der Waals surface area contributed by atoms with E-state index in [1.165, 1.54) is 0 Å². The third-order valence-electron chi connectivity index (χ3n) is 2.22. The highest BCUT2D eigenvalue weighted by Crippen LogP contribution is 2.14. The van der Waals surface area contributed by atoms with E-state index in [1.807, 2.05) is 31.7 Å². The molecular weight excluding hydrogens is 152 g/mol. The summed E-state index contributed by atoms with van der Waals surface area (Å²) in [5, 5.41) is 9.77. The molecule has 0 fully saturated rings. The van der Waals surface area contributed by atoms with Crippen molar-refractivity contribution in [2.24, 2.45) is 7.05 Å². The summed E-state index contributed by atoms with van der Waals surface area (Å²) in [5.74, 6) is 0.932. The SMILES string of the molecule is CCC(C)(O)Cc1nccn1C. The molecule has 0 bridgehead atoms. The van der Waals surface area contributed by atoms with Crippen LogP contribution in [0.2, 0.25) is 0 Å². The smallest absolute Gasteiger partial charge is 0.111 e. The highest BCUT2D eigenvalue weighted by atomic mass is 16.3. The molecule has 0 saturated carbocycles. The summed E-state index contributed by atoms with van der Waals surface area (Å²) in [6, 6.07) is 0. The van der Waals surface area contributed by atoms with Crippen molar-refractivity contribution in [3.63, 3.8) is 0 Å². The van der Waals surface area contributed by atoms with Gasteiger partial charge in [-0.3, -0.25) is 0 Å². The first-order chi connectivity index (χ1) is 5.55. The predicted molar refractivity (Wildman–Crippen MR) is 47.8 cm³/mol. The lowest BCUT2D eigenvalue weighted by molar-refractivity contribution is 0.0537. The van der Waals surface area contributed by atoms with Crippen molar-refractivity contribution < 1.29 is 5.11 Å². The van der Waals surface area contributed by atoms with Gasteiger partial charge in [0.05, 0.1) is 5.60 Å². The summed E-state index contributed by atoms with van der Waals surface area (Å²) in [6.07, 6.45) is 5.01. The van der Waals surface area contributed by atoms with Gasteiger partial charge in [-0.25, -0.2) is 4.98 Å². The Morgan fingerprint density at radius 2 is 2.33 bits per heavy atom. The molecule has 0 aromatic carbocycles. The number of rotatable bonds is 3. The van der Waals surface area contributed by atoms with Gasteiger partial charge in [-0.1, -0.05) is 6.92 Å². The fourth-order valence-electron chi connectivity index (χ4n) is 1.03. The Morgan fingerprint density at radius 3 is 2.75 bits per heavy atom. The standard InChI is InChI=1S/C9H16N2O/c1-4-9(2,12)7-8-10-5-6-11(8)3/h5-6,12H,4,7H2,1-3H3. The van der Waals surface area contributed by atoms with Gasteiger partial charge in [0.2, 0.25) is 0 Å². The van der Waals surface area contributed by atoms with Crippen molar-refractivity contribution in [1.29, 1.82) is 0 Å². The molecule has 1 aromatic heterocycles. The molecule has 0 saturated heterocycles. The molecule has 1 unspecified atom stereocenters. The Labute approximate surface area is 73.1 Å². The van der Waals surface area contributed by atoms with Crippen LogP contribution in [0.4, 0.5) is 0 Å². The van der Waals surface area contributed by atoms with Crippen molar-refractivity contribution in [3.05, 3.63) is 18.2 Å². The molecule has 1 heterocycles. The number of aromatic nitrogens is 2. The van der Waals surface area contributed by atoms with Crippen LogP contribution in [-0.4, -0.2) is 20.3 Å². The van der Waals surface area contributed by atoms with Crippen LogP contribution in [0.1, 0.15) is 26.1 Å².